The van der Waals surface area contributed by atoms with Crippen LogP contribution in [0.1, 0.15) is 31.1 Å². The zero-order valence-corrected chi connectivity index (χ0v) is 13.2. The molecule has 0 radical (unpaired) electrons. The third kappa shape index (κ3) is 3.55. The van der Waals surface area contributed by atoms with Crippen LogP contribution in [0, 0.1) is 11.7 Å². The number of nitrogens with zero attached hydrogens (tertiary/aromatic N) is 1. The molecule has 1 aliphatic rings. The molecule has 0 spiro atoms. The summed E-state index contributed by atoms with van der Waals surface area (Å²) in [5.41, 5.74) is -0.367. The van der Waals surface area contributed by atoms with E-state index in [0.29, 0.717) is 5.75 Å². The van der Waals surface area contributed by atoms with Gasteiger partial charge in [-0.05, 0) is 39.0 Å². The van der Waals surface area contributed by atoms with Gasteiger partial charge in [-0.1, -0.05) is 0 Å². The van der Waals surface area contributed by atoms with Gasteiger partial charge in [0, 0.05) is 13.1 Å². The Kier molecular flexibility index (Phi) is 4.39. The maximum Gasteiger partial charge on any atom is 0.410 e. The van der Waals surface area contributed by atoms with Gasteiger partial charge in [0.25, 0.3) is 0 Å². The van der Waals surface area contributed by atoms with E-state index in [0.717, 1.165) is 6.07 Å². The summed E-state index contributed by atoms with van der Waals surface area (Å²) in [7, 11) is 1.43. The van der Waals surface area contributed by atoms with Crippen molar-refractivity contribution >= 4 is 11.9 Å². The molecule has 1 aromatic rings. The van der Waals surface area contributed by atoms with Crippen molar-refractivity contribution in [2.75, 3.05) is 20.2 Å². The van der Waals surface area contributed by atoms with E-state index in [4.69, 9.17) is 9.47 Å². The van der Waals surface area contributed by atoms with Crippen molar-refractivity contribution in [1.29, 1.82) is 0 Å². The summed E-state index contributed by atoms with van der Waals surface area (Å²) in [6.07, 6.45) is -0.442. The van der Waals surface area contributed by atoms with Gasteiger partial charge in [0.05, 0.1) is 18.6 Å². The van der Waals surface area contributed by atoms with E-state index in [1.54, 1.807) is 20.8 Å². The number of benzene rings is 1. The topological polar surface area (TPSA) is 55.8 Å². The number of amides is 1. The van der Waals surface area contributed by atoms with Gasteiger partial charge in [-0.3, -0.25) is 4.79 Å². The number of carbonyl (C=O) groups is 2. The highest BCUT2D eigenvalue weighted by Gasteiger charge is 2.39. The van der Waals surface area contributed by atoms with Crippen LogP contribution in [0.15, 0.2) is 18.2 Å². The number of hydrogen-bond donors (Lipinski definition) is 0. The van der Waals surface area contributed by atoms with Gasteiger partial charge in [0.2, 0.25) is 0 Å². The first-order chi connectivity index (χ1) is 10.2. The minimum Gasteiger partial charge on any atom is -0.496 e. The number of likely N-dealkylation sites (tertiary alicyclic amines) is 1. The predicted octanol–water partition coefficient (Wildman–Crippen LogP) is 2.88. The summed E-state index contributed by atoms with van der Waals surface area (Å²) < 4.78 is 23.6. The second kappa shape index (κ2) is 5.94. The first-order valence-electron chi connectivity index (χ1n) is 7.07. The van der Waals surface area contributed by atoms with Crippen molar-refractivity contribution < 1.29 is 23.5 Å². The fourth-order valence-corrected chi connectivity index (χ4v) is 2.21. The molecule has 0 aromatic heterocycles. The quantitative estimate of drug-likeness (QED) is 0.806. The number of rotatable bonds is 3. The number of methoxy groups -OCH3 is 1. The lowest BCUT2D eigenvalue weighted by atomic mass is 9.90. The number of Topliss-reactive ketones (excluding diaryl/α,β-unsaturated/α-hetero) is 1. The molecule has 1 saturated heterocycles. The van der Waals surface area contributed by atoms with Crippen molar-refractivity contribution in [1.82, 2.24) is 4.90 Å². The third-order valence-corrected chi connectivity index (χ3v) is 3.33. The van der Waals surface area contributed by atoms with Crippen LogP contribution in [0.25, 0.3) is 0 Å². The number of carbonyl (C=O) groups excluding carboxylic acids is 2. The van der Waals surface area contributed by atoms with Crippen LogP contribution in [0.5, 0.6) is 5.75 Å². The Morgan fingerprint density at radius 1 is 1.27 bits per heavy atom. The van der Waals surface area contributed by atoms with E-state index >= 15 is 0 Å². The van der Waals surface area contributed by atoms with Crippen LogP contribution in [-0.4, -0.2) is 42.6 Å². The summed E-state index contributed by atoms with van der Waals surface area (Å²) in [4.78, 5) is 25.7. The zero-order valence-electron chi connectivity index (χ0n) is 13.2. The number of halogens is 1. The average molecular weight is 309 g/mol. The van der Waals surface area contributed by atoms with Crippen molar-refractivity contribution in [3.8, 4) is 5.75 Å². The molecule has 0 N–H and O–H groups in total. The molecule has 1 heterocycles. The molecule has 0 atom stereocenters. The lowest BCUT2D eigenvalue weighted by Gasteiger charge is -2.39. The molecule has 0 bridgehead atoms. The Balaban J connectivity index is 2.00. The fourth-order valence-electron chi connectivity index (χ4n) is 2.21. The van der Waals surface area contributed by atoms with Crippen LogP contribution in [0.3, 0.4) is 0 Å². The Morgan fingerprint density at radius 2 is 1.91 bits per heavy atom. The van der Waals surface area contributed by atoms with Gasteiger partial charge in [0.15, 0.2) is 5.78 Å². The first-order valence-corrected chi connectivity index (χ1v) is 7.07. The lowest BCUT2D eigenvalue weighted by molar-refractivity contribution is 0.00145. The van der Waals surface area contributed by atoms with Crippen LogP contribution in [0.4, 0.5) is 9.18 Å². The van der Waals surface area contributed by atoms with E-state index < -0.39 is 17.5 Å². The largest absolute Gasteiger partial charge is 0.496 e. The summed E-state index contributed by atoms with van der Waals surface area (Å²) in [5.74, 6) is -0.742. The van der Waals surface area contributed by atoms with Crippen molar-refractivity contribution in [2.45, 2.75) is 26.4 Å². The summed E-state index contributed by atoms with van der Waals surface area (Å²) >= 11 is 0. The average Bonchev–Trinajstić information content (AvgIpc) is 2.34. The number of hydrogen-bond acceptors (Lipinski definition) is 4. The van der Waals surface area contributed by atoms with E-state index in [1.165, 1.54) is 24.1 Å². The van der Waals surface area contributed by atoms with Crippen LogP contribution < -0.4 is 4.74 Å². The van der Waals surface area contributed by atoms with Crippen LogP contribution in [-0.2, 0) is 4.74 Å². The molecule has 5 nitrogen and oxygen atoms in total. The molecule has 0 unspecified atom stereocenters. The van der Waals surface area contributed by atoms with Gasteiger partial charge in [-0.2, -0.15) is 0 Å². The SMILES string of the molecule is COc1ccc(F)cc1C(=O)C1CN(C(=O)OC(C)(C)C)C1. The standard InChI is InChI=1S/C16H20FNO4/c1-16(2,3)22-15(20)18-8-10(9-18)14(19)12-7-11(17)5-6-13(12)21-4/h5-7,10H,8-9H2,1-4H3. The van der Waals surface area contributed by atoms with Crippen LogP contribution >= 0.6 is 0 Å². The second-order valence-corrected chi connectivity index (χ2v) is 6.29. The normalized spacial score (nSPS) is 15.2. The Hall–Kier alpha value is -2.11. The maximum absolute atomic E-state index is 13.3. The second-order valence-electron chi connectivity index (χ2n) is 6.29. The molecular weight excluding hydrogens is 289 g/mol. The van der Waals surface area contributed by atoms with Crippen molar-refractivity contribution in [2.24, 2.45) is 5.92 Å². The molecule has 0 saturated carbocycles. The highest BCUT2D eigenvalue weighted by Crippen LogP contribution is 2.27. The van der Waals surface area contributed by atoms with E-state index in [2.05, 4.69) is 0 Å². The smallest absolute Gasteiger partial charge is 0.410 e. The molecule has 2 rings (SSSR count). The maximum atomic E-state index is 13.3. The van der Waals surface area contributed by atoms with Gasteiger partial charge < -0.3 is 14.4 Å². The molecule has 0 aliphatic carbocycles. The Morgan fingerprint density at radius 3 is 2.45 bits per heavy atom. The van der Waals surface area contributed by atoms with E-state index in [1.807, 2.05) is 0 Å². The van der Waals surface area contributed by atoms with E-state index in [9.17, 15) is 14.0 Å². The highest BCUT2D eigenvalue weighted by atomic mass is 19.1. The summed E-state index contributed by atoms with van der Waals surface area (Å²) in [6, 6.07) is 3.83. The number of ether oxygens (including phenoxy) is 2. The summed E-state index contributed by atoms with van der Waals surface area (Å²) in [6.45, 7) is 5.89. The number of ketones is 1. The van der Waals surface area contributed by atoms with Gasteiger partial charge in [0.1, 0.15) is 17.2 Å². The Labute approximate surface area is 129 Å². The Bertz CT molecular complexity index is 588. The summed E-state index contributed by atoms with van der Waals surface area (Å²) in [5, 5.41) is 0. The molecule has 22 heavy (non-hydrogen) atoms. The van der Waals surface area contributed by atoms with E-state index in [-0.39, 0.29) is 30.4 Å². The molecule has 1 aromatic carbocycles. The van der Waals surface area contributed by atoms with Crippen molar-refractivity contribution in [3.63, 3.8) is 0 Å². The molecular formula is C16H20FNO4. The minimum absolute atomic E-state index is 0.205. The monoisotopic (exact) mass is 309 g/mol. The molecule has 1 aliphatic heterocycles. The lowest BCUT2D eigenvalue weighted by Crippen LogP contribution is -2.54. The highest BCUT2D eigenvalue weighted by molar-refractivity contribution is 6.01. The van der Waals surface area contributed by atoms with Gasteiger partial charge in [-0.15, -0.1) is 0 Å². The van der Waals surface area contributed by atoms with Gasteiger partial charge >= 0.3 is 6.09 Å². The van der Waals surface area contributed by atoms with Crippen LogP contribution in [0.2, 0.25) is 0 Å². The molecule has 120 valence electrons. The molecule has 6 heteroatoms. The van der Waals surface area contributed by atoms with Crippen molar-refractivity contribution in [3.05, 3.63) is 29.6 Å². The minimum atomic E-state index is -0.571. The fraction of sp³-hybridized carbons (Fsp3) is 0.500. The molecule has 1 fully saturated rings. The first kappa shape index (κ1) is 16.3. The predicted molar refractivity (Wildman–Crippen MR) is 78.6 cm³/mol. The molecule has 1 amide bonds. The van der Waals surface area contributed by atoms with Gasteiger partial charge in [-0.25, -0.2) is 9.18 Å². The zero-order chi connectivity index (χ0) is 16.5. The third-order valence-electron chi connectivity index (χ3n) is 3.33.